The molecule has 4 nitrogen and oxygen atoms in total. The average molecular weight is 306 g/mol. The standard InChI is InChI=1S/C16H20ClN3O/c1-10(2)21-13-7-12(8-19-9-13)16(20-18)14-6-4-5-11(3)15(14)17/h4-10,16,20H,18H2,1-3H3. The van der Waals surface area contributed by atoms with Gasteiger partial charge in [-0.1, -0.05) is 29.8 Å². The van der Waals surface area contributed by atoms with Crippen molar-refractivity contribution in [2.75, 3.05) is 0 Å². The first-order valence-electron chi connectivity index (χ1n) is 6.85. The summed E-state index contributed by atoms with van der Waals surface area (Å²) in [4.78, 5) is 4.22. The first-order valence-corrected chi connectivity index (χ1v) is 7.23. The van der Waals surface area contributed by atoms with Crippen molar-refractivity contribution in [3.05, 3.63) is 58.4 Å². The molecule has 1 aromatic heterocycles. The smallest absolute Gasteiger partial charge is 0.138 e. The lowest BCUT2D eigenvalue weighted by molar-refractivity contribution is 0.241. The molecule has 1 aromatic carbocycles. The van der Waals surface area contributed by atoms with Gasteiger partial charge in [0.25, 0.3) is 0 Å². The van der Waals surface area contributed by atoms with E-state index in [0.717, 1.165) is 16.7 Å². The highest BCUT2D eigenvalue weighted by atomic mass is 35.5. The summed E-state index contributed by atoms with van der Waals surface area (Å²) in [7, 11) is 0. The van der Waals surface area contributed by atoms with Crippen molar-refractivity contribution in [3.63, 3.8) is 0 Å². The number of benzene rings is 1. The fraction of sp³-hybridized carbons (Fsp3) is 0.312. The van der Waals surface area contributed by atoms with Crippen LogP contribution in [-0.2, 0) is 0 Å². The molecule has 2 rings (SSSR count). The van der Waals surface area contributed by atoms with Crippen molar-refractivity contribution in [3.8, 4) is 5.75 Å². The van der Waals surface area contributed by atoms with Crippen molar-refractivity contribution in [1.82, 2.24) is 10.4 Å². The molecule has 1 heterocycles. The minimum atomic E-state index is -0.236. The van der Waals surface area contributed by atoms with Crippen LogP contribution in [0.25, 0.3) is 0 Å². The summed E-state index contributed by atoms with van der Waals surface area (Å²) >= 11 is 6.39. The van der Waals surface area contributed by atoms with Crippen molar-refractivity contribution < 1.29 is 4.74 Å². The number of aryl methyl sites for hydroxylation is 1. The maximum absolute atomic E-state index is 6.39. The van der Waals surface area contributed by atoms with Crippen LogP contribution in [0.4, 0.5) is 0 Å². The van der Waals surface area contributed by atoms with Crippen molar-refractivity contribution in [1.29, 1.82) is 0 Å². The molecule has 5 heteroatoms. The van der Waals surface area contributed by atoms with Crippen LogP contribution in [-0.4, -0.2) is 11.1 Å². The largest absolute Gasteiger partial charge is 0.489 e. The molecular formula is C16H20ClN3O. The molecule has 0 saturated heterocycles. The van der Waals surface area contributed by atoms with E-state index in [1.54, 1.807) is 12.4 Å². The molecule has 2 aromatic rings. The van der Waals surface area contributed by atoms with Gasteiger partial charge in [0, 0.05) is 11.2 Å². The van der Waals surface area contributed by atoms with Gasteiger partial charge in [0.1, 0.15) is 5.75 Å². The summed E-state index contributed by atoms with van der Waals surface area (Å²) < 4.78 is 5.68. The van der Waals surface area contributed by atoms with E-state index in [4.69, 9.17) is 22.2 Å². The van der Waals surface area contributed by atoms with E-state index < -0.39 is 0 Å². The highest BCUT2D eigenvalue weighted by Gasteiger charge is 2.17. The van der Waals surface area contributed by atoms with E-state index in [2.05, 4.69) is 10.4 Å². The molecule has 3 N–H and O–H groups in total. The Morgan fingerprint density at radius 3 is 2.71 bits per heavy atom. The molecule has 112 valence electrons. The molecule has 1 atom stereocenters. The molecule has 0 fully saturated rings. The van der Waals surface area contributed by atoms with Crippen LogP contribution >= 0.6 is 11.6 Å². The topological polar surface area (TPSA) is 60.2 Å². The number of nitrogens with two attached hydrogens (primary N) is 1. The second-order valence-corrected chi connectivity index (χ2v) is 5.58. The van der Waals surface area contributed by atoms with Crippen LogP contribution in [0.3, 0.4) is 0 Å². The van der Waals surface area contributed by atoms with Gasteiger partial charge in [0.2, 0.25) is 0 Å². The molecular weight excluding hydrogens is 286 g/mol. The van der Waals surface area contributed by atoms with Crippen LogP contribution in [0.2, 0.25) is 5.02 Å². The summed E-state index contributed by atoms with van der Waals surface area (Å²) in [5.74, 6) is 6.44. The number of pyridine rings is 1. The van der Waals surface area contributed by atoms with Gasteiger partial charge < -0.3 is 4.74 Å². The quantitative estimate of drug-likeness (QED) is 0.656. The summed E-state index contributed by atoms with van der Waals surface area (Å²) in [6.45, 7) is 5.92. The summed E-state index contributed by atoms with van der Waals surface area (Å²) in [5.41, 5.74) is 5.64. The minimum absolute atomic E-state index is 0.0916. The fourth-order valence-corrected chi connectivity index (χ4v) is 2.42. The first kappa shape index (κ1) is 15.8. The number of aromatic nitrogens is 1. The van der Waals surface area contributed by atoms with Crippen molar-refractivity contribution >= 4 is 11.6 Å². The lowest BCUT2D eigenvalue weighted by Gasteiger charge is -2.20. The van der Waals surface area contributed by atoms with Crippen LogP contribution in [0.1, 0.15) is 36.6 Å². The molecule has 1 unspecified atom stereocenters. The SMILES string of the molecule is Cc1cccc(C(NN)c2cncc(OC(C)C)c2)c1Cl. The third kappa shape index (κ3) is 3.73. The summed E-state index contributed by atoms with van der Waals surface area (Å²) in [6.07, 6.45) is 3.54. The molecule has 0 saturated carbocycles. The molecule has 21 heavy (non-hydrogen) atoms. The summed E-state index contributed by atoms with van der Waals surface area (Å²) in [5, 5.41) is 0.704. The first-order chi connectivity index (χ1) is 10.0. The second kappa shape index (κ2) is 6.89. The van der Waals surface area contributed by atoms with Crippen LogP contribution in [0.5, 0.6) is 5.75 Å². The highest BCUT2D eigenvalue weighted by molar-refractivity contribution is 6.32. The summed E-state index contributed by atoms with van der Waals surface area (Å²) in [6, 6.07) is 7.57. The van der Waals surface area contributed by atoms with Gasteiger partial charge in [-0.15, -0.1) is 0 Å². The van der Waals surface area contributed by atoms with Crippen molar-refractivity contribution in [2.24, 2.45) is 5.84 Å². The van der Waals surface area contributed by atoms with Gasteiger partial charge in [-0.2, -0.15) is 0 Å². The fourth-order valence-electron chi connectivity index (χ4n) is 2.19. The Bertz CT molecular complexity index is 616. The highest BCUT2D eigenvalue weighted by Crippen LogP contribution is 2.31. The van der Waals surface area contributed by atoms with Crippen LogP contribution < -0.4 is 16.0 Å². The van der Waals surface area contributed by atoms with E-state index in [1.807, 2.05) is 45.0 Å². The maximum atomic E-state index is 6.39. The number of ether oxygens (including phenoxy) is 1. The predicted molar refractivity (Wildman–Crippen MR) is 85.4 cm³/mol. The Labute approximate surface area is 130 Å². The minimum Gasteiger partial charge on any atom is -0.489 e. The monoisotopic (exact) mass is 305 g/mol. The zero-order chi connectivity index (χ0) is 15.4. The maximum Gasteiger partial charge on any atom is 0.138 e. The number of rotatable bonds is 5. The van der Waals surface area contributed by atoms with Crippen molar-refractivity contribution in [2.45, 2.75) is 32.9 Å². The van der Waals surface area contributed by atoms with Gasteiger partial charge in [-0.3, -0.25) is 10.8 Å². The van der Waals surface area contributed by atoms with Gasteiger partial charge in [-0.25, -0.2) is 5.43 Å². The van der Waals surface area contributed by atoms with Gasteiger partial charge in [0.05, 0.1) is 18.3 Å². The Balaban J connectivity index is 2.39. The molecule has 0 spiro atoms. The number of nitrogens with zero attached hydrogens (tertiary/aromatic N) is 1. The lowest BCUT2D eigenvalue weighted by atomic mass is 9.99. The third-order valence-corrected chi connectivity index (χ3v) is 3.66. The molecule has 0 aliphatic rings. The lowest BCUT2D eigenvalue weighted by Crippen LogP contribution is -2.29. The zero-order valence-corrected chi connectivity index (χ0v) is 13.2. The Kier molecular flexibility index (Phi) is 5.17. The van der Waals surface area contributed by atoms with E-state index in [-0.39, 0.29) is 12.1 Å². The number of hydrogen-bond acceptors (Lipinski definition) is 4. The molecule has 0 bridgehead atoms. The average Bonchev–Trinajstić information content (AvgIpc) is 2.44. The van der Waals surface area contributed by atoms with Crippen LogP contribution in [0, 0.1) is 6.92 Å². The van der Waals surface area contributed by atoms with Gasteiger partial charge in [-0.05, 0) is 43.5 Å². The number of hydrazine groups is 1. The van der Waals surface area contributed by atoms with E-state index in [0.29, 0.717) is 10.8 Å². The molecule has 0 amide bonds. The van der Waals surface area contributed by atoms with E-state index >= 15 is 0 Å². The second-order valence-electron chi connectivity index (χ2n) is 5.20. The van der Waals surface area contributed by atoms with Crippen LogP contribution in [0.15, 0.2) is 36.7 Å². The molecule has 0 radical (unpaired) electrons. The normalized spacial score (nSPS) is 12.5. The number of hydrogen-bond donors (Lipinski definition) is 2. The number of nitrogens with one attached hydrogen (secondary N) is 1. The Morgan fingerprint density at radius 2 is 2.05 bits per heavy atom. The zero-order valence-electron chi connectivity index (χ0n) is 12.4. The Morgan fingerprint density at radius 1 is 1.29 bits per heavy atom. The third-order valence-electron chi connectivity index (χ3n) is 3.14. The molecule has 0 aliphatic carbocycles. The molecule has 0 aliphatic heterocycles. The van der Waals surface area contributed by atoms with Gasteiger partial charge in [0.15, 0.2) is 0 Å². The predicted octanol–water partition coefficient (Wildman–Crippen LogP) is 3.38. The van der Waals surface area contributed by atoms with E-state index in [1.165, 1.54) is 0 Å². The van der Waals surface area contributed by atoms with Gasteiger partial charge >= 0.3 is 0 Å². The Hall–Kier alpha value is -1.62. The van der Waals surface area contributed by atoms with E-state index in [9.17, 15) is 0 Å². The number of halogens is 1.